The maximum Gasteiger partial charge on any atom is 0.255 e. The number of piperidine rings is 1. The van der Waals surface area contributed by atoms with E-state index in [0.29, 0.717) is 0 Å². The average Bonchev–Trinajstić information content (AvgIpc) is 2.93. The summed E-state index contributed by atoms with van der Waals surface area (Å²) in [5, 5.41) is 0. The first kappa shape index (κ1) is 17.4. The van der Waals surface area contributed by atoms with Gasteiger partial charge >= 0.3 is 0 Å². The molecule has 2 atom stereocenters. The molecule has 1 amide bonds. The number of carbonyl (C=O) groups is 1. The number of ether oxygens (including phenoxy) is 1. The summed E-state index contributed by atoms with van der Waals surface area (Å²) in [5.41, 5.74) is 0.852. The van der Waals surface area contributed by atoms with E-state index < -0.39 is 0 Å². The van der Waals surface area contributed by atoms with E-state index in [1.54, 1.807) is 24.2 Å². The monoisotopic (exact) mass is 368 g/mol. The molecule has 2 aliphatic rings. The van der Waals surface area contributed by atoms with Crippen LogP contribution >= 0.6 is 11.8 Å². The lowest BCUT2D eigenvalue weighted by atomic mass is 9.98. The maximum absolute atomic E-state index is 13.3. The van der Waals surface area contributed by atoms with Gasteiger partial charge in [0.05, 0.1) is 5.56 Å². The highest BCUT2D eigenvalue weighted by Gasteiger charge is 2.44. The zero-order valence-electron chi connectivity index (χ0n) is 15.0. The van der Waals surface area contributed by atoms with Crippen molar-refractivity contribution in [2.24, 2.45) is 0 Å². The normalized spacial score (nSPS) is 24.5. The van der Waals surface area contributed by atoms with Crippen LogP contribution in [0.15, 0.2) is 53.7 Å². The van der Waals surface area contributed by atoms with Crippen LogP contribution < -0.4 is 4.74 Å². The van der Waals surface area contributed by atoms with Crippen LogP contribution in [0.3, 0.4) is 0 Å². The molecule has 2 fully saturated rings. The van der Waals surface area contributed by atoms with Crippen LogP contribution in [0.5, 0.6) is 5.75 Å². The van der Waals surface area contributed by atoms with E-state index in [9.17, 15) is 4.79 Å². The van der Waals surface area contributed by atoms with Crippen LogP contribution in [0.1, 0.15) is 43.0 Å². The molecule has 2 unspecified atom stereocenters. The number of benzene rings is 1. The van der Waals surface area contributed by atoms with E-state index in [1.807, 2.05) is 30.3 Å². The molecule has 2 bridgehead atoms. The third kappa shape index (κ3) is 3.45. The highest BCUT2D eigenvalue weighted by Crippen LogP contribution is 2.39. The number of hydrogen-bond acceptors (Lipinski definition) is 4. The molecule has 136 valence electrons. The minimum absolute atomic E-state index is 0.180. The molecule has 0 N–H and O–H groups in total. The van der Waals surface area contributed by atoms with Crippen molar-refractivity contribution in [1.82, 2.24) is 9.88 Å². The molecule has 4 nitrogen and oxygen atoms in total. The first-order chi connectivity index (χ1) is 12.8. The number of pyridine rings is 1. The van der Waals surface area contributed by atoms with Gasteiger partial charge in [0.1, 0.15) is 11.9 Å². The fourth-order valence-electron chi connectivity index (χ4n) is 4.23. The largest absolute Gasteiger partial charge is 0.490 e. The van der Waals surface area contributed by atoms with Gasteiger partial charge in [-0.3, -0.25) is 9.78 Å². The van der Waals surface area contributed by atoms with Crippen molar-refractivity contribution in [1.29, 1.82) is 0 Å². The molecule has 26 heavy (non-hydrogen) atoms. The first-order valence-electron chi connectivity index (χ1n) is 9.37. The lowest BCUT2D eigenvalue weighted by molar-refractivity contribution is 0.0356. The van der Waals surface area contributed by atoms with Crippen LogP contribution in [-0.2, 0) is 0 Å². The summed E-state index contributed by atoms with van der Waals surface area (Å²) in [6.07, 6.45) is 7.67. The van der Waals surface area contributed by atoms with E-state index in [2.05, 4.69) is 22.9 Å². The molecule has 2 aliphatic heterocycles. The van der Waals surface area contributed by atoms with Gasteiger partial charge in [0, 0.05) is 42.2 Å². The van der Waals surface area contributed by atoms with E-state index in [-0.39, 0.29) is 24.1 Å². The van der Waals surface area contributed by atoms with E-state index in [1.165, 1.54) is 0 Å². The Morgan fingerprint density at radius 1 is 1.15 bits per heavy atom. The molecular weight excluding hydrogens is 344 g/mol. The number of rotatable bonds is 5. The van der Waals surface area contributed by atoms with Gasteiger partial charge in [-0.2, -0.15) is 0 Å². The summed E-state index contributed by atoms with van der Waals surface area (Å²) >= 11 is 1.74. The summed E-state index contributed by atoms with van der Waals surface area (Å²) < 4.78 is 6.15. The lowest BCUT2D eigenvalue weighted by Crippen LogP contribution is -2.49. The first-order valence-corrected chi connectivity index (χ1v) is 10.4. The quantitative estimate of drug-likeness (QED) is 0.733. The Balaban J connectivity index is 1.49. The van der Waals surface area contributed by atoms with Crippen molar-refractivity contribution >= 4 is 17.7 Å². The number of carbonyl (C=O) groups excluding carboxylic acids is 1. The van der Waals surface area contributed by atoms with Crippen molar-refractivity contribution < 1.29 is 9.53 Å². The molecule has 1 aromatic carbocycles. The van der Waals surface area contributed by atoms with Crippen LogP contribution in [-0.4, -0.2) is 39.7 Å². The number of aromatic nitrogens is 1. The molecule has 0 spiro atoms. The second kappa shape index (κ2) is 7.70. The van der Waals surface area contributed by atoms with Gasteiger partial charge in [-0.1, -0.05) is 19.1 Å². The minimum Gasteiger partial charge on any atom is -0.490 e. The number of nitrogens with zero attached hydrogens (tertiary/aromatic N) is 2. The number of thioether (sulfide) groups is 1. The Morgan fingerprint density at radius 2 is 1.85 bits per heavy atom. The predicted molar refractivity (Wildman–Crippen MR) is 104 cm³/mol. The standard InChI is InChI=1S/C21H24N2O2S/c1-2-26-20-6-4-3-5-19(20)21(24)23-15-7-8-16(23)14-18(13-15)25-17-9-11-22-12-10-17/h3-6,9-12,15-16,18H,2,7-8,13-14H2,1H3. The number of fused-ring (bicyclic) bond motifs is 2. The van der Waals surface area contributed by atoms with Gasteiger partial charge in [-0.25, -0.2) is 0 Å². The van der Waals surface area contributed by atoms with Gasteiger partial charge in [0.2, 0.25) is 0 Å². The van der Waals surface area contributed by atoms with Gasteiger partial charge in [0.25, 0.3) is 5.91 Å². The predicted octanol–water partition coefficient (Wildman–Crippen LogP) is 4.41. The van der Waals surface area contributed by atoms with Crippen LogP contribution in [0.2, 0.25) is 0 Å². The van der Waals surface area contributed by atoms with Gasteiger partial charge in [-0.05, 0) is 42.9 Å². The fraction of sp³-hybridized carbons (Fsp3) is 0.429. The van der Waals surface area contributed by atoms with E-state index >= 15 is 0 Å². The van der Waals surface area contributed by atoms with Crippen molar-refractivity contribution in [3.8, 4) is 5.75 Å². The summed E-state index contributed by atoms with van der Waals surface area (Å²) in [7, 11) is 0. The van der Waals surface area contributed by atoms with Crippen molar-refractivity contribution in [3.05, 3.63) is 54.4 Å². The molecule has 0 aliphatic carbocycles. The third-order valence-corrected chi connectivity index (χ3v) is 6.25. The van der Waals surface area contributed by atoms with Crippen molar-refractivity contribution in [2.45, 2.75) is 55.7 Å². The fourth-order valence-corrected chi connectivity index (χ4v) is 5.02. The Bertz CT molecular complexity index is 754. The third-order valence-electron chi connectivity index (χ3n) is 5.29. The second-order valence-electron chi connectivity index (χ2n) is 6.92. The average molecular weight is 369 g/mol. The van der Waals surface area contributed by atoms with E-state index in [4.69, 9.17) is 4.74 Å². The Kier molecular flexibility index (Phi) is 5.16. The Labute approximate surface area is 159 Å². The molecule has 0 saturated carbocycles. The second-order valence-corrected chi connectivity index (χ2v) is 8.23. The smallest absolute Gasteiger partial charge is 0.255 e. The molecule has 4 rings (SSSR count). The molecule has 0 radical (unpaired) electrons. The highest BCUT2D eigenvalue weighted by molar-refractivity contribution is 7.99. The van der Waals surface area contributed by atoms with Gasteiger partial charge < -0.3 is 9.64 Å². The highest BCUT2D eigenvalue weighted by atomic mass is 32.2. The zero-order chi connectivity index (χ0) is 17.9. The summed E-state index contributed by atoms with van der Waals surface area (Å²) in [4.78, 5) is 20.6. The lowest BCUT2D eigenvalue weighted by Gasteiger charge is -2.39. The molecule has 3 heterocycles. The zero-order valence-corrected chi connectivity index (χ0v) is 15.8. The van der Waals surface area contributed by atoms with Crippen molar-refractivity contribution in [2.75, 3.05) is 5.75 Å². The number of amides is 1. The minimum atomic E-state index is 0.180. The molecule has 2 saturated heterocycles. The summed E-state index contributed by atoms with van der Waals surface area (Å²) in [6, 6.07) is 12.4. The van der Waals surface area contributed by atoms with Crippen LogP contribution in [0.25, 0.3) is 0 Å². The van der Waals surface area contributed by atoms with Gasteiger partial charge in [0.15, 0.2) is 0 Å². The number of hydrogen-bond donors (Lipinski definition) is 0. The topological polar surface area (TPSA) is 42.4 Å². The Morgan fingerprint density at radius 3 is 2.54 bits per heavy atom. The van der Waals surface area contributed by atoms with Crippen molar-refractivity contribution in [3.63, 3.8) is 0 Å². The molecular formula is C21H24N2O2S. The van der Waals surface area contributed by atoms with Gasteiger partial charge in [-0.15, -0.1) is 11.8 Å². The summed E-state index contributed by atoms with van der Waals surface area (Å²) in [6.45, 7) is 2.12. The van der Waals surface area contributed by atoms with Crippen LogP contribution in [0.4, 0.5) is 0 Å². The molecule has 5 heteroatoms. The maximum atomic E-state index is 13.3. The SMILES string of the molecule is CCSc1ccccc1C(=O)N1C2CCC1CC(Oc1ccncc1)C2. The van der Waals surface area contributed by atoms with Crippen LogP contribution in [0, 0.1) is 0 Å². The Hall–Kier alpha value is -2.01. The summed E-state index contributed by atoms with van der Waals surface area (Å²) in [5.74, 6) is 2.03. The van der Waals surface area contributed by atoms with E-state index in [0.717, 1.165) is 47.6 Å². The molecule has 1 aromatic heterocycles. The molecule has 2 aromatic rings.